The Kier molecular flexibility index (Phi) is 3.71. The monoisotopic (exact) mass is 267 g/mol. The third kappa shape index (κ3) is 2.11. The number of hydrogen-bond acceptors (Lipinski definition) is 3. The average Bonchev–Trinajstić information content (AvgIpc) is 2.34. The normalized spacial score (nSPS) is 32.5. The number of rotatable bonds is 3. The molecule has 0 aliphatic carbocycles. The molecule has 0 aromatic carbocycles. The van der Waals surface area contributed by atoms with Crippen molar-refractivity contribution < 1.29 is 0 Å². The highest BCUT2D eigenvalue weighted by Gasteiger charge is 2.28. The molecule has 0 spiro atoms. The van der Waals surface area contributed by atoms with Crippen molar-refractivity contribution in [3.63, 3.8) is 0 Å². The lowest BCUT2D eigenvalue weighted by Crippen LogP contribution is -2.34. The van der Waals surface area contributed by atoms with Gasteiger partial charge in [0.15, 0.2) is 0 Å². The highest BCUT2D eigenvalue weighted by atomic mass is 127. The Morgan fingerprint density at radius 3 is 2.64 bits per heavy atom. The van der Waals surface area contributed by atoms with Crippen LogP contribution in [0.15, 0.2) is 5.11 Å². The fraction of sp³-hybridized carbons (Fsp3) is 1.00. The predicted octanol–water partition coefficient (Wildman–Crippen LogP) is 1.92. The lowest BCUT2D eigenvalue weighted by Gasteiger charge is -2.22. The maximum atomic E-state index is 6.78. The minimum Gasteiger partial charge on any atom is -0.298 e. The largest absolute Gasteiger partial charge is 0.298 e. The maximum Gasteiger partial charge on any atom is 0.0751 e. The van der Waals surface area contributed by atoms with Crippen molar-refractivity contribution in [1.29, 1.82) is 5.53 Å². The third-order valence-corrected chi connectivity index (χ3v) is 3.48. The zero-order valence-corrected chi connectivity index (χ0v) is 8.91. The molecule has 4 heteroatoms. The van der Waals surface area contributed by atoms with Gasteiger partial charge in [-0.05, 0) is 19.9 Å². The number of likely N-dealkylation sites (N-methyl/N-ethyl adjacent to an activating group) is 1. The van der Waals surface area contributed by atoms with E-state index in [1.165, 1.54) is 17.3 Å². The summed E-state index contributed by atoms with van der Waals surface area (Å²) in [6.07, 6.45) is 2.49. The van der Waals surface area contributed by atoms with Crippen LogP contribution in [0.1, 0.15) is 12.8 Å². The Labute approximate surface area is 81.2 Å². The molecule has 1 aliphatic rings. The summed E-state index contributed by atoms with van der Waals surface area (Å²) in [6, 6.07) is 1.26. The van der Waals surface area contributed by atoms with E-state index in [-0.39, 0.29) is 0 Å². The first-order valence-corrected chi connectivity index (χ1v) is 5.43. The Hall–Kier alpha value is 0.290. The van der Waals surface area contributed by atoms with Gasteiger partial charge in [0.25, 0.3) is 0 Å². The summed E-state index contributed by atoms with van der Waals surface area (Å²) in [7, 11) is 2.15. The molecule has 0 aromatic rings. The van der Waals surface area contributed by atoms with Crippen molar-refractivity contribution in [3.8, 4) is 0 Å². The molecule has 1 fully saturated rings. The van der Waals surface area contributed by atoms with Gasteiger partial charge >= 0.3 is 0 Å². The zero-order valence-electron chi connectivity index (χ0n) is 6.76. The first kappa shape index (κ1) is 9.38. The molecule has 0 aromatic heterocycles. The van der Waals surface area contributed by atoms with Gasteiger partial charge in [0.2, 0.25) is 0 Å². The SMILES string of the molecule is CN1C(CI)CCC1CN=N. The highest BCUT2D eigenvalue weighted by molar-refractivity contribution is 14.1. The average molecular weight is 267 g/mol. The molecule has 0 radical (unpaired) electrons. The van der Waals surface area contributed by atoms with E-state index in [4.69, 9.17) is 5.53 Å². The van der Waals surface area contributed by atoms with Crippen LogP contribution >= 0.6 is 22.6 Å². The smallest absolute Gasteiger partial charge is 0.0751 e. The third-order valence-electron chi connectivity index (χ3n) is 2.47. The molecule has 64 valence electrons. The van der Waals surface area contributed by atoms with Crippen molar-refractivity contribution >= 4 is 22.6 Å². The second-order valence-corrected chi connectivity index (χ2v) is 3.93. The van der Waals surface area contributed by atoms with E-state index in [1.807, 2.05) is 0 Å². The number of hydrogen-bond donors (Lipinski definition) is 1. The quantitative estimate of drug-likeness (QED) is 0.473. The van der Waals surface area contributed by atoms with Crippen LogP contribution < -0.4 is 0 Å². The standard InChI is InChI=1S/C7H14IN3/c1-11-6(4-8)2-3-7(11)5-10-9/h6-7,9H,2-5H2,1H3. The second-order valence-electron chi connectivity index (χ2n) is 3.05. The number of likely N-dealkylation sites (tertiary alicyclic amines) is 1. The molecular formula is C7H14IN3. The van der Waals surface area contributed by atoms with E-state index in [0.29, 0.717) is 12.6 Å². The van der Waals surface area contributed by atoms with E-state index in [1.54, 1.807) is 0 Å². The fourth-order valence-electron chi connectivity index (χ4n) is 1.60. The molecule has 1 heterocycles. The highest BCUT2D eigenvalue weighted by Crippen LogP contribution is 2.23. The number of nitrogens with zero attached hydrogens (tertiary/aromatic N) is 2. The van der Waals surface area contributed by atoms with Gasteiger partial charge in [0.1, 0.15) is 0 Å². The van der Waals surface area contributed by atoms with E-state index in [0.717, 1.165) is 6.04 Å². The Morgan fingerprint density at radius 2 is 2.18 bits per heavy atom. The van der Waals surface area contributed by atoms with Crippen molar-refractivity contribution in [1.82, 2.24) is 4.90 Å². The molecule has 0 amide bonds. The minimum absolute atomic E-state index is 0.535. The minimum atomic E-state index is 0.535. The van der Waals surface area contributed by atoms with E-state index in [2.05, 4.69) is 39.7 Å². The lowest BCUT2D eigenvalue weighted by atomic mass is 10.2. The molecule has 1 rings (SSSR count). The molecule has 0 saturated carbocycles. The Bertz CT molecular complexity index is 140. The van der Waals surface area contributed by atoms with Crippen LogP contribution in [-0.2, 0) is 0 Å². The van der Waals surface area contributed by atoms with Crippen molar-refractivity contribution in [2.75, 3.05) is 18.0 Å². The van der Waals surface area contributed by atoms with Gasteiger partial charge in [-0.3, -0.25) is 4.90 Å². The predicted molar refractivity (Wildman–Crippen MR) is 53.5 cm³/mol. The van der Waals surface area contributed by atoms with Gasteiger partial charge < -0.3 is 0 Å². The van der Waals surface area contributed by atoms with Gasteiger partial charge in [-0.15, -0.1) is 0 Å². The molecule has 1 N–H and O–H groups in total. The Balaban J connectivity index is 2.41. The molecule has 2 unspecified atom stereocenters. The number of nitrogens with one attached hydrogen (secondary N) is 1. The fourth-order valence-corrected chi connectivity index (χ4v) is 2.66. The van der Waals surface area contributed by atoms with Crippen LogP contribution in [0.3, 0.4) is 0 Å². The van der Waals surface area contributed by atoms with Crippen LogP contribution in [-0.4, -0.2) is 35.0 Å². The Morgan fingerprint density at radius 1 is 1.55 bits per heavy atom. The molecule has 3 nitrogen and oxygen atoms in total. The van der Waals surface area contributed by atoms with Crippen molar-refractivity contribution in [2.45, 2.75) is 24.9 Å². The summed E-state index contributed by atoms with van der Waals surface area (Å²) in [5.74, 6) is 0. The first-order chi connectivity index (χ1) is 5.29. The summed E-state index contributed by atoms with van der Waals surface area (Å²) in [5, 5.41) is 3.44. The van der Waals surface area contributed by atoms with E-state index < -0.39 is 0 Å². The molecule has 0 bridgehead atoms. The van der Waals surface area contributed by atoms with Gasteiger partial charge in [-0.25, -0.2) is 5.53 Å². The molecule has 1 saturated heterocycles. The van der Waals surface area contributed by atoms with Crippen LogP contribution in [0.5, 0.6) is 0 Å². The van der Waals surface area contributed by atoms with Gasteiger partial charge in [0, 0.05) is 16.5 Å². The number of alkyl halides is 1. The van der Waals surface area contributed by atoms with Crippen LogP contribution in [0.4, 0.5) is 0 Å². The van der Waals surface area contributed by atoms with Gasteiger partial charge in [-0.2, -0.15) is 5.11 Å². The molecular weight excluding hydrogens is 253 g/mol. The first-order valence-electron chi connectivity index (χ1n) is 3.90. The van der Waals surface area contributed by atoms with Gasteiger partial charge in [-0.1, -0.05) is 22.6 Å². The topological polar surface area (TPSA) is 39.5 Å². The van der Waals surface area contributed by atoms with Crippen LogP contribution in [0.25, 0.3) is 0 Å². The molecule has 2 atom stereocenters. The van der Waals surface area contributed by atoms with Crippen LogP contribution in [0.2, 0.25) is 0 Å². The van der Waals surface area contributed by atoms with Crippen LogP contribution in [0, 0.1) is 5.53 Å². The van der Waals surface area contributed by atoms with Crippen molar-refractivity contribution in [3.05, 3.63) is 0 Å². The summed E-state index contributed by atoms with van der Waals surface area (Å²) in [4.78, 5) is 2.37. The van der Waals surface area contributed by atoms with Crippen molar-refractivity contribution in [2.24, 2.45) is 5.11 Å². The summed E-state index contributed by atoms with van der Waals surface area (Å²) < 4.78 is 1.20. The molecule has 11 heavy (non-hydrogen) atoms. The van der Waals surface area contributed by atoms with Gasteiger partial charge in [0.05, 0.1) is 6.54 Å². The maximum absolute atomic E-state index is 6.78. The summed E-state index contributed by atoms with van der Waals surface area (Å²) >= 11 is 2.42. The molecule has 1 aliphatic heterocycles. The van der Waals surface area contributed by atoms with E-state index in [9.17, 15) is 0 Å². The number of halogens is 1. The lowest BCUT2D eigenvalue weighted by molar-refractivity contribution is 0.261. The van der Waals surface area contributed by atoms with E-state index >= 15 is 0 Å². The second kappa shape index (κ2) is 4.35. The summed E-state index contributed by atoms with van der Waals surface area (Å²) in [6.45, 7) is 0.684. The summed E-state index contributed by atoms with van der Waals surface area (Å²) in [5.41, 5.74) is 6.78. The zero-order chi connectivity index (χ0) is 8.27.